The van der Waals surface area contributed by atoms with E-state index in [0.29, 0.717) is 6.61 Å². The number of rotatable bonds is 2. The Morgan fingerprint density at radius 2 is 2.78 bits per heavy atom. The highest BCUT2D eigenvalue weighted by atomic mass is 16.6. The summed E-state index contributed by atoms with van der Waals surface area (Å²) in [6.07, 6.45) is -0.310. The van der Waals surface area contributed by atoms with Gasteiger partial charge in [0.05, 0.1) is 6.04 Å². The second kappa shape index (κ2) is 2.68. The normalized spacial score (nSPS) is 25.4. The predicted octanol–water partition coefficient (Wildman–Crippen LogP) is -0.686. The van der Waals surface area contributed by atoms with Crippen LogP contribution in [0.1, 0.15) is 0 Å². The van der Waals surface area contributed by atoms with E-state index in [1.54, 1.807) is 0 Å². The molecule has 0 aromatic heterocycles. The van der Waals surface area contributed by atoms with Gasteiger partial charge >= 0.3 is 6.09 Å². The van der Waals surface area contributed by atoms with Crippen molar-refractivity contribution in [2.45, 2.75) is 6.04 Å². The van der Waals surface area contributed by atoms with Crippen LogP contribution in [-0.4, -0.2) is 32.3 Å². The van der Waals surface area contributed by atoms with Crippen molar-refractivity contribution in [3.8, 4) is 0 Å². The first-order valence-corrected chi connectivity index (χ1v) is 2.91. The van der Waals surface area contributed by atoms with E-state index in [1.165, 1.54) is 0 Å². The molecule has 0 aliphatic carbocycles. The maximum absolute atomic E-state index is 10.4. The van der Waals surface area contributed by atoms with Crippen molar-refractivity contribution in [1.82, 2.24) is 10.6 Å². The van der Waals surface area contributed by atoms with Gasteiger partial charge in [0.15, 0.2) is 0 Å². The molecule has 0 saturated carbocycles. The summed E-state index contributed by atoms with van der Waals surface area (Å²) in [6, 6.07) is 0.155. The molecular formula is C5H10N2O2. The maximum atomic E-state index is 10.4. The van der Waals surface area contributed by atoms with Crippen LogP contribution in [0.15, 0.2) is 0 Å². The van der Waals surface area contributed by atoms with Gasteiger partial charge in [-0.05, 0) is 7.05 Å². The molecule has 4 nitrogen and oxygen atoms in total. The van der Waals surface area contributed by atoms with Crippen molar-refractivity contribution in [2.24, 2.45) is 0 Å². The largest absolute Gasteiger partial charge is 0.447 e. The SMILES string of the molecule is CNCC1COC(=O)N1. The van der Waals surface area contributed by atoms with Crippen LogP contribution >= 0.6 is 0 Å². The predicted molar refractivity (Wildman–Crippen MR) is 32.2 cm³/mol. The van der Waals surface area contributed by atoms with Crippen LogP contribution in [0, 0.1) is 0 Å². The van der Waals surface area contributed by atoms with Gasteiger partial charge in [0, 0.05) is 6.54 Å². The van der Waals surface area contributed by atoms with E-state index in [9.17, 15) is 4.79 Å². The molecule has 0 aromatic rings. The fraction of sp³-hybridized carbons (Fsp3) is 0.800. The number of amides is 1. The number of cyclic esters (lactones) is 1. The summed E-state index contributed by atoms with van der Waals surface area (Å²) in [5.41, 5.74) is 0. The molecule has 2 N–H and O–H groups in total. The number of likely N-dealkylation sites (N-methyl/N-ethyl adjacent to an activating group) is 1. The molecule has 1 aliphatic heterocycles. The molecular weight excluding hydrogens is 120 g/mol. The van der Waals surface area contributed by atoms with E-state index in [-0.39, 0.29) is 12.1 Å². The summed E-state index contributed by atoms with van der Waals surface area (Å²) < 4.78 is 4.63. The van der Waals surface area contributed by atoms with E-state index < -0.39 is 0 Å². The molecule has 1 atom stereocenters. The first-order valence-electron chi connectivity index (χ1n) is 2.91. The summed E-state index contributed by atoms with van der Waals surface area (Å²) in [6.45, 7) is 1.26. The zero-order valence-corrected chi connectivity index (χ0v) is 5.31. The lowest BCUT2D eigenvalue weighted by atomic mass is 10.3. The fourth-order valence-corrected chi connectivity index (χ4v) is 0.783. The molecule has 1 aliphatic rings. The maximum Gasteiger partial charge on any atom is 0.407 e. The number of nitrogens with one attached hydrogen (secondary N) is 2. The molecule has 52 valence electrons. The van der Waals surface area contributed by atoms with E-state index in [1.807, 2.05) is 7.05 Å². The number of hydrogen-bond acceptors (Lipinski definition) is 3. The molecule has 4 heteroatoms. The van der Waals surface area contributed by atoms with Gasteiger partial charge in [0.25, 0.3) is 0 Å². The van der Waals surface area contributed by atoms with Gasteiger partial charge in [0.2, 0.25) is 0 Å². The van der Waals surface area contributed by atoms with Crippen LogP contribution in [0.4, 0.5) is 4.79 Å². The lowest BCUT2D eigenvalue weighted by Crippen LogP contribution is -2.35. The Morgan fingerprint density at radius 1 is 2.00 bits per heavy atom. The first kappa shape index (κ1) is 6.35. The Kier molecular flexibility index (Phi) is 1.89. The highest BCUT2D eigenvalue weighted by Crippen LogP contribution is 1.94. The molecule has 1 rings (SSSR count). The van der Waals surface area contributed by atoms with E-state index >= 15 is 0 Å². The van der Waals surface area contributed by atoms with Crippen molar-refractivity contribution < 1.29 is 9.53 Å². The number of alkyl carbamates (subject to hydrolysis) is 1. The first-order chi connectivity index (χ1) is 4.33. The van der Waals surface area contributed by atoms with Crippen LogP contribution < -0.4 is 10.6 Å². The summed E-state index contributed by atoms with van der Waals surface area (Å²) in [7, 11) is 1.84. The average molecular weight is 130 g/mol. The van der Waals surface area contributed by atoms with Gasteiger partial charge in [-0.15, -0.1) is 0 Å². The van der Waals surface area contributed by atoms with Gasteiger partial charge in [-0.2, -0.15) is 0 Å². The van der Waals surface area contributed by atoms with E-state index in [2.05, 4.69) is 15.4 Å². The van der Waals surface area contributed by atoms with Crippen LogP contribution in [0.2, 0.25) is 0 Å². The third-order valence-corrected chi connectivity index (χ3v) is 1.19. The summed E-state index contributed by atoms with van der Waals surface area (Å²) in [5.74, 6) is 0. The van der Waals surface area contributed by atoms with Crippen LogP contribution in [0.3, 0.4) is 0 Å². The second-order valence-corrected chi connectivity index (χ2v) is 2.00. The van der Waals surface area contributed by atoms with Gasteiger partial charge in [-0.3, -0.25) is 0 Å². The quantitative estimate of drug-likeness (QED) is 0.520. The van der Waals surface area contributed by atoms with Crippen molar-refractivity contribution in [1.29, 1.82) is 0 Å². The molecule has 0 aromatic carbocycles. The molecule has 1 saturated heterocycles. The van der Waals surface area contributed by atoms with Crippen LogP contribution in [0.25, 0.3) is 0 Å². The highest BCUT2D eigenvalue weighted by Gasteiger charge is 2.20. The van der Waals surface area contributed by atoms with E-state index in [0.717, 1.165) is 6.54 Å². The summed E-state index contributed by atoms with van der Waals surface area (Å²) in [4.78, 5) is 10.4. The van der Waals surface area contributed by atoms with Crippen molar-refractivity contribution in [3.05, 3.63) is 0 Å². The lowest BCUT2D eigenvalue weighted by molar-refractivity contribution is 0.177. The topological polar surface area (TPSA) is 50.4 Å². The number of ether oxygens (including phenoxy) is 1. The molecule has 1 unspecified atom stereocenters. The zero-order valence-electron chi connectivity index (χ0n) is 5.31. The fourth-order valence-electron chi connectivity index (χ4n) is 0.783. The standard InChI is InChI=1S/C5H10N2O2/c1-6-2-4-3-9-5(8)7-4/h4,6H,2-3H2,1H3,(H,7,8). The smallest absolute Gasteiger partial charge is 0.407 e. The lowest BCUT2D eigenvalue weighted by Gasteiger charge is -2.03. The average Bonchev–Trinajstić information content (AvgIpc) is 2.17. The molecule has 0 spiro atoms. The van der Waals surface area contributed by atoms with Crippen molar-refractivity contribution in [2.75, 3.05) is 20.2 Å². The highest BCUT2D eigenvalue weighted by molar-refractivity contribution is 5.69. The van der Waals surface area contributed by atoms with Crippen LogP contribution in [0.5, 0.6) is 0 Å². The Balaban J connectivity index is 2.22. The Labute approximate surface area is 53.6 Å². The van der Waals surface area contributed by atoms with Gasteiger partial charge in [-0.1, -0.05) is 0 Å². The molecule has 1 amide bonds. The Morgan fingerprint density at radius 3 is 3.22 bits per heavy atom. The van der Waals surface area contributed by atoms with Gasteiger partial charge < -0.3 is 15.4 Å². The minimum Gasteiger partial charge on any atom is -0.447 e. The molecule has 1 heterocycles. The zero-order chi connectivity index (χ0) is 6.69. The molecule has 1 fully saturated rings. The number of hydrogen-bond donors (Lipinski definition) is 2. The minimum atomic E-state index is -0.310. The third-order valence-electron chi connectivity index (χ3n) is 1.19. The minimum absolute atomic E-state index is 0.155. The van der Waals surface area contributed by atoms with Crippen LogP contribution in [-0.2, 0) is 4.74 Å². The molecule has 9 heavy (non-hydrogen) atoms. The van der Waals surface area contributed by atoms with Gasteiger partial charge in [0.1, 0.15) is 6.61 Å². The second-order valence-electron chi connectivity index (χ2n) is 2.00. The van der Waals surface area contributed by atoms with Gasteiger partial charge in [-0.25, -0.2) is 4.79 Å². The monoisotopic (exact) mass is 130 g/mol. The number of carbonyl (C=O) groups is 1. The Hall–Kier alpha value is -0.770. The molecule has 0 radical (unpaired) electrons. The summed E-state index contributed by atoms with van der Waals surface area (Å²) in [5, 5.41) is 5.57. The summed E-state index contributed by atoms with van der Waals surface area (Å²) >= 11 is 0. The van der Waals surface area contributed by atoms with Crippen molar-refractivity contribution in [3.63, 3.8) is 0 Å². The van der Waals surface area contributed by atoms with E-state index in [4.69, 9.17) is 0 Å². The van der Waals surface area contributed by atoms with Crippen molar-refractivity contribution >= 4 is 6.09 Å². The third kappa shape index (κ3) is 1.57. The molecule has 0 bridgehead atoms. The number of carbonyl (C=O) groups excluding carboxylic acids is 1. The Bertz CT molecular complexity index is 116.